The van der Waals surface area contributed by atoms with Crippen molar-refractivity contribution in [3.8, 4) is 0 Å². The zero-order chi connectivity index (χ0) is 13.3. The van der Waals surface area contributed by atoms with Gasteiger partial charge in [0.05, 0.1) is 10.9 Å². The highest BCUT2D eigenvalue weighted by Crippen LogP contribution is 2.31. The summed E-state index contributed by atoms with van der Waals surface area (Å²) in [6, 6.07) is 5.94. The molecule has 0 fully saturated rings. The second-order valence-electron chi connectivity index (χ2n) is 4.90. The molecule has 1 atom stereocenters. The van der Waals surface area contributed by atoms with Gasteiger partial charge in [0.15, 0.2) is 0 Å². The molecule has 0 saturated heterocycles. The molecule has 5 heteroatoms. The molecule has 1 unspecified atom stereocenters. The maximum atomic E-state index is 12.4. The number of aryl methyl sites for hydroxylation is 2. The van der Waals surface area contributed by atoms with E-state index in [0.717, 1.165) is 24.1 Å². The van der Waals surface area contributed by atoms with Gasteiger partial charge in [-0.2, -0.15) is 0 Å². The lowest BCUT2D eigenvalue weighted by atomic mass is 10.0. The SMILES string of the molecule is Cc1ccc2c(c1)CCCN2S(=O)(=O)C(C)CN. The molecule has 1 aliphatic rings. The van der Waals surface area contributed by atoms with E-state index in [9.17, 15) is 8.42 Å². The first-order valence-corrected chi connectivity index (χ1v) is 7.78. The van der Waals surface area contributed by atoms with Crippen LogP contribution in [0, 0.1) is 6.92 Å². The highest BCUT2D eigenvalue weighted by molar-refractivity contribution is 7.93. The summed E-state index contributed by atoms with van der Waals surface area (Å²) in [5.74, 6) is 0. The summed E-state index contributed by atoms with van der Waals surface area (Å²) in [5.41, 5.74) is 8.62. The molecule has 1 aromatic carbocycles. The van der Waals surface area contributed by atoms with E-state index in [1.807, 2.05) is 19.1 Å². The summed E-state index contributed by atoms with van der Waals surface area (Å²) in [7, 11) is -3.33. The lowest BCUT2D eigenvalue weighted by Gasteiger charge is -2.32. The number of sulfonamides is 1. The minimum atomic E-state index is -3.33. The van der Waals surface area contributed by atoms with Crippen LogP contribution in [0.15, 0.2) is 18.2 Å². The third-order valence-electron chi connectivity index (χ3n) is 3.46. The van der Waals surface area contributed by atoms with Gasteiger partial charge < -0.3 is 5.73 Å². The molecule has 0 saturated carbocycles. The van der Waals surface area contributed by atoms with Crippen molar-refractivity contribution in [2.75, 3.05) is 17.4 Å². The first kappa shape index (κ1) is 13.4. The van der Waals surface area contributed by atoms with Gasteiger partial charge in [0.1, 0.15) is 0 Å². The van der Waals surface area contributed by atoms with Crippen LogP contribution < -0.4 is 10.0 Å². The van der Waals surface area contributed by atoms with E-state index in [-0.39, 0.29) is 6.54 Å². The molecular weight excluding hydrogens is 248 g/mol. The van der Waals surface area contributed by atoms with Crippen LogP contribution in [0.1, 0.15) is 24.5 Å². The number of anilines is 1. The Morgan fingerprint density at radius 1 is 1.44 bits per heavy atom. The highest BCUT2D eigenvalue weighted by Gasteiger charge is 2.31. The van der Waals surface area contributed by atoms with Gasteiger partial charge in [-0.15, -0.1) is 0 Å². The number of hydrogen-bond donors (Lipinski definition) is 1. The minimum absolute atomic E-state index is 0.153. The summed E-state index contributed by atoms with van der Waals surface area (Å²) in [6.45, 7) is 4.40. The molecule has 1 aliphatic heterocycles. The molecule has 2 N–H and O–H groups in total. The van der Waals surface area contributed by atoms with Crippen LogP contribution in [0.3, 0.4) is 0 Å². The van der Waals surface area contributed by atoms with Gasteiger partial charge in [0, 0.05) is 13.1 Å². The predicted molar refractivity (Wildman–Crippen MR) is 74.3 cm³/mol. The number of hydrogen-bond acceptors (Lipinski definition) is 3. The van der Waals surface area contributed by atoms with Crippen molar-refractivity contribution in [1.29, 1.82) is 0 Å². The Morgan fingerprint density at radius 3 is 2.83 bits per heavy atom. The summed E-state index contributed by atoms with van der Waals surface area (Å²) in [5, 5.41) is -0.537. The Bertz CT molecular complexity index is 540. The predicted octanol–water partition coefficient (Wildman–Crippen LogP) is 1.42. The lowest BCUT2D eigenvalue weighted by Crippen LogP contribution is -2.43. The van der Waals surface area contributed by atoms with Crippen LogP contribution in [0.2, 0.25) is 0 Å². The normalized spacial score (nSPS) is 17.4. The van der Waals surface area contributed by atoms with E-state index < -0.39 is 15.3 Å². The van der Waals surface area contributed by atoms with Gasteiger partial charge in [-0.25, -0.2) is 8.42 Å². The Morgan fingerprint density at radius 2 is 2.17 bits per heavy atom. The monoisotopic (exact) mass is 268 g/mol. The van der Waals surface area contributed by atoms with Gasteiger partial charge in [0.2, 0.25) is 10.0 Å². The number of rotatable bonds is 3. The standard InChI is InChI=1S/C13H20N2O2S/c1-10-5-6-13-12(8-10)4-3-7-15(13)18(16,17)11(2)9-14/h5-6,8,11H,3-4,7,9,14H2,1-2H3. The van der Waals surface area contributed by atoms with Gasteiger partial charge in [-0.3, -0.25) is 4.31 Å². The molecule has 0 aromatic heterocycles. The zero-order valence-electron chi connectivity index (χ0n) is 10.9. The van der Waals surface area contributed by atoms with Crippen molar-refractivity contribution in [2.45, 2.75) is 31.9 Å². The smallest absolute Gasteiger partial charge is 0.239 e. The molecular formula is C13H20N2O2S. The molecule has 4 nitrogen and oxygen atoms in total. The largest absolute Gasteiger partial charge is 0.329 e. The van der Waals surface area contributed by atoms with Crippen LogP contribution in [0.4, 0.5) is 5.69 Å². The molecule has 0 bridgehead atoms. The topological polar surface area (TPSA) is 63.4 Å². The molecule has 1 heterocycles. The molecule has 100 valence electrons. The zero-order valence-corrected chi connectivity index (χ0v) is 11.7. The van der Waals surface area contributed by atoms with E-state index in [2.05, 4.69) is 6.07 Å². The average molecular weight is 268 g/mol. The third-order valence-corrected chi connectivity index (χ3v) is 5.66. The second-order valence-corrected chi connectivity index (χ2v) is 7.17. The summed E-state index contributed by atoms with van der Waals surface area (Å²) in [6.07, 6.45) is 1.81. The highest BCUT2D eigenvalue weighted by atomic mass is 32.2. The summed E-state index contributed by atoms with van der Waals surface area (Å²) in [4.78, 5) is 0. The van der Waals surface area contributed by atoms with Crippen molar-refractivity contribution in [3.05, 3.63) is 29.3 Å². The van der Waals surface area contributed by atoms with Crippen molar-refractivity contribution in [2.24, 2.45) is 5.73 Å². The van der Waals surface area contributed by atoms with E-state index in [1.54, 1.807) is 6.92 Å². The fourth-order valence-corrected chi connectivity index (χ4v) is 3.81. The molecule has 0 amide bonds. The van der Waals surface area contributed by atoms with Gasteiger partial charge >= 0.3 is 0 Å². The van der Waals surface area contributed by atoms with Crippen molar-refractivity contribution in [3.63, 3.8) is 0 Å². The van der Waals surface area contributed by atoms with Crippen LogP contribution >= 0.6 is 0 Å². The van der Waals surface area contributed by atoms with Crippen molar-refractivity contribution in [1.82, 2.24) is 0 Å². The number of fused-ring (bicyclic) bond motifs is 1. The minimum Gasteiger partial charge on any atom is -0.329 e. The van der Waals surface area contributed by atoms with Crippen molar-refractivity contribution >= 4 is 15.7 Å². The number of nitrogens with zero attached hydrogens (tertiary/aromatic N) is 1. The lowest BCUT2D eigenvalue weighted by molar-refractivity contribution is 0.574. The summed E-state index contributed by atoms with van der Waals surface area (Å²) < 4.78 is 26.4. The van der Waals surface area contributed by atoms with Crippen molar-refractivity contribution < 1.29 is 8.42 Å². The van der Waals surface area contributed by atoms with Gasteiger partial charge in [-0.1, -0.05) is 17.7 Å². The van der Waals surface area contributed by atoms with E-state index >= 15 is 0 Å². The maximum Gasteiger partial charge on any atom is 0.239 e. The molecule has 0 radical (unpaired) electrons. The molecule has 1 aromatic rings. The Labute approximate surface area is 109 Å². The van der Waals surface area contributed by atoms with Crippen LogP contribution in [-0.4, -0.2) is 26.8 Å². The Kier molecular flexibility index (Phi) is 3.64. The third kappa shape index (κ3) is 2.24. The fraction of sp³-hybridized carbons (Fsp3) is 0.538. The Balaban J connectivity index is 2.45. The van der Waals surface area contributed by atoms with E-state index in [4.69, 9.17) is 5.73 Å². The van der Waals surface area contributed by atoms with E-state index in [1.165, 1.54) is 9.87 Å². The fourth-order valence-electron chi connectivity index (χ4n) is 2.29. The maximum absolute atomic E-state index is 12.4. The Hall–Kier alpha value is -1.07. The number of nitrogens with two attached hydrogens (primary N) is 1. The first-order valence-electron chi connectivity index (χ1n) is 6.28. The van der Waals surface area contributed by atoms with Crippen LogP contribution in [0.25, 0.3) is 0 Å². The van der Waals surface area contributed by atoms with Gasteiger partial charge in [-0.05, 0) is 38.3 Å². The first-order chi connectivity index (χ1) is 8.46. The summed E-state index contributed by atoms with van der Waals surface area (Å²) >= 11 is 0. The van der Waals surface area contributed by atoms with Gasteiger partial charge in [0.25, 0.3) is 0 Å². The quantitative estimate of drug-likeness (QED) is 0.902. The molecule has 18 heavy (non-hydrogen) atoms. The molecule has 0 aliphatic carbocycles. The van der Waals surface area contributed by atoms with Crippen LogP contribution in [-0.2, 0) is 16.4 Å². The molecule has 2 rings (SSSR count). The second kappa shape index (κ2) is 4.90. The number of benzene rings is 1. The average Bonchev–Trinajstić information content (AvgIpc) is 2.36. The molecule has 0 spiro atoms. The van der Waals surface area contributed by atoms with E-state index in [0.29, 0.717) is 6.54 Å². The van der Waals surface area contributed by atoms with Crippen LogP contribution in [0.5, 0.6) is 0 Å².